The zero-order valence-corrected chi connectivity index (χ0v) is 13.2. The van der Waals surface area contributed by atoms with Crippen molar-refractivity contribution in [3.8, 4) is 0 Å². The van der Waals surface area contributed by atoms with Gasteiger partial charge in [-0.05, 0) is 29.1 Å². The standard InChI is InChI=1S/C16H14ClNO3S/c17-12-3-1-10(2-4-12)13-7-18(8-14(13)16(20)21)15(19)11-5-6-22-9-11/h1-6,9,13-14H,7-8H2,(H,20,21)/t13-,14+/m0/s1. The predicted molar refractivity (Wildman–Crippen MR) is 85.5 cm³/mol. The van der Waals surface area contributed by atoms with Gasteiger partial charge in [-0.1, -0.05) is 23.7 Å². The first-order valence-electron chi connectivity index (χ1n) is 6.86. The van der Waals surface area contributed by atoms with Crippen LogP contribution in [0.1, 0.15) is 21.8 Å². The highest BCUT2D eigenvalue weighted by molar-refractivity contribution is 7.08. The topological polar surface area (TPSA) is 57.6 Å². The lowest BCUT2D eigenvalue weighted by Gasteiger charge is -2.16. The quantitative estimate of drug-likeness (QED) is 0.935. The molecule has 1 amide bonds. The molecule has 1 saturated heterocycles. The molecule has 6 heteroatoms. The average Bonchev–Trinajstić information content (AvgIpc) is 3.17. The first kappa shape index (κ1) is 15.1. The number of carboxylic acid groups (broad SMARTS) is 1. The van der Waals surface area contributed by atoms with Gasteiger partial charge in [-0.2, -0.15) is 11.3 Å². The molecule has 1 aromatic carbocycles. The lowest BCUT2D eigenvalue weighted by Crippen LogP contribution is -2.29. The molecule has 4 nitrogen and oxygen atoms in total. The molecule has 2 atom stereocenters. The second-order valence-electron chi connectivity index (χ2n) is 5.32. The number of thiophene rings is 1. The van der Waals surface area contributed by atoms with Gasteiger partial charge in [0.1, 0.15) is 0 Å². The van der Waals surface area contributed by atoms with Crippen molar-refractivity contribution in [3.05, 3.63) is 57.2 Å². The van der Waals surface area contributed by atoms with E-state index in [0.717, 1.165) is 5.56 Å². The van der Waals surface area contributed by atoms with Crippen LogP contribution < -0.4 is 0 Å². The van der Waals surface area contributed by atoms with Crippen molar-refractivity contribution < 1.29 is 14.7 Å². The molecular formula is C16H14ClNO3S. The maximum Gasteiger partial charge on any atom is 0.308 e. The third-order valence-electron chi connectivity index (χ3n) is 3.99. The van der Waals surface area contributed by atoms with Crippen LogP contribution in [-0.2, 0) is 4.79 Å². The van der Waals surface area contributed by atoms with Crippen molar-refractivity contribution in [2.45, 2.75) is 5.92 Å². The molecule has 0 bridgehead atoms. The first-order valence-corrected chi connectivity index (χ1v) is 8.18. The Balaban J connectivity index is 1.85. The molecule has 0 radical (unpaired) electrons. The maximum atomic E-state index is 12.4. The summed E-state index contributed by atoms with van der Waals surface area (Å²) in [6.07, 6.45) is 0. The lowest BCUT2D eigenvalue weighted by atomic mass is 9.89. The van der Waals surface area contributed by atoms with E-state index in [0.29, 0.717) is 17.1 Å². The van der Waals surface area contributed by atoms with Crippen molar-refractivity contribution in [2.75, 3.05) is 13.1 Å². The molecule has 0 unspecified atom stereocenters. The van der Waals surface area contributed by atoms with Crippen LogP contribution in [0.15, 0.2) is 41.1 Å². The Morgan fingerprint density at radius 1 is 1.18 bits per heavy atom. The highest BCUT2D eigenvalue weighted by atomic mass is 35.5. The van der Waals surface area contributed by atoms with Gasteiger partial charge in [0, 0.05) is 29.4 Å². The molecule has 1 aliphatic rings. The number of hydrogen-bond donors (Lipinski definition) is 1. The molecule has 1 aliphatic heterocycles. The minimum atomic E-state index is -0.874. The van der Waals surface area contributed by atoms with Crippen LogP contribution in [0.4, 0.5) is 0 Å². The smallest absolute Gasteiger partial charge is 0.308 e. The highest BCUT2D eigenvalue weighted by Crippen LogP contribution is 2.34. The second-order valence-corrected chi connectivity index (χ2v) is 6.54. The normalized spacial score (nSPS) is 21.0. The predicted octanol–water partition coefficient (Wildman–Crippen LogP) is 3.34. The van der Waals surface area contributed by atoms with Crippen LogP contribution in [-0.4, -0.2) is 35.0 Å². The van der Waals surface area contributed by atoms with Gasteiger partial charge in [-0.3, -0.25) is 9.59 Å². The monoisotopic (exact) mass is 335 g/mol. The number of halogens is 1. The lowest BCUT2D eigenvalue weighted by molar-refractivity contribution is -0.141. The van der Waals surface area contributed by atoms with Gasteiger partial charge >= 0.3 is 5.97 Å². The summed E-state index contributed by atoms with van der Waals surface area (Å²) >= 11 is 7.34. The fourth-order valence-corrected chi connectivity index (χ4v) is 3.59. The molecule has 0 aliphatic carbocycles. The van der Waals surface area contributed by atoms with E-state index in [9.17, 15) is 14.7 Å². The third-order valence-corrected chi connectivity index (χ3v) is 4.93. The summed E-state index contributed by atoms with van der Waals surface area (Å²) in [6.45, 7) is 0.643. The van der Waals surface area contributed by atoms with Crippen LogP contribution in [0.2, 0.25) is 5.02 Å². The van der Waals surface area contributed by atoms with E-state index in [4.69, 9.17) is 11.6 Å². The third kappa shape index (κ3) is 2.87. The molecule has 3 rings (SSSR count). The molecule has 1 fully saturated rings. The number of nitrogens with zero attached hydrogens (tertiary/aromatic N) is 1. The molecular weight excluding hydrogens is 322 g/mol. The van der Waals surface area contributed by atoms with E-state index in [-0.39, 0.29) is 18.4 Å². The molecule has 1 N–H and O–H groups in total. The number of likely N-dealkylation sites (tertiary alicyclic amines) is 1. The van der Waals surface area contributed by atoms with Gasteiger partial charge in [0.2, 0.25) is 0 Å². The second kappa shape index (κ2) is 6.10. The Kier molecular flexibility index (Phi) is 4.18. The van der Waals surface area contributed by atoms with Gasteiger partial charge < -0.3 is 10.0 Å². The van der Waals surface area contributed by atoms with Crippen molar-refractivity contribution in [3.63, 3.8) is 0 Å². The van der Waals surface area contributed by atoms with Crippen LogP contribution >= 0.6 is 22.9 Å². The van der Waals surface area contributed by atoms with Crippen LogP contribution in [0, 0.1) is 5.92 Å². The molecule has 1 aromatic heterocycles. The van der Waals surface area contributed by atoms with Crippen LogP contribution in [0.5, 0.6) is 0 Å². The maximum absolute atomic E-state index is 12.4. The molecule has 114 valence electrons. The number of aliphatic carboxylic acids is 1. The zero-order chi connectivity index (χ0) is 15.7. The summed E-state index contributed by atoms with van der Waals surface area (Å²) in [5, 5.41) is 13.7. The molecule has 0 spiro atoms. The van der Waals surface area contributed by atoms with Gasteiger partial charge in [0.05, 0.1) is 11.5 Å². The number of hydrogen-bond acceptors (Lipinski definition) is 3. The molecule has 2 heterocycles. The summed E-state index contributed by atoms with van der Waals surface area (Å²) in [5.74, 6) is -1.79. The van der Waals surface area contributed by atoms with Crippen molar-refractivity contribution >= 4 is 34.8 Å². The average molecular weight is 336 g/mol. The fraction of sp³-hybridized carbons (Fsp3) is 0.250. The summed E-state index contributed by atoms with van der Waals surface area (Å²) in [5.41, 5.74) is 1.52. The summed E-state index contributed by atoms with van der Waals surface area (Å²) in [6, 6.07) is 8.93. The van der Waals surface area contributed by atoms with E-state index in [1.165, 1.54) is 11.3 Å². The molecule has 2 aromatic rings. The zero-order valence-electron chi connectivity index (χ0n) is 11.6. The minimum Gasteiger partial charge on any atom is -0.481 e. The van der Waals surface area contributed by atoms with Crippen LogP contribution in [0.3, 0.4) is 0 Å². The minimum absolute atomic E-state index is 0.107. The SMILES string of the molecule is O=C(O)[C@@H]1CN(C(=O)c2ccsc2)C[C@H]1c1ccc(Cl)cc1. The number of carbonyl (C=O) groups excluding carboxylic acids is 1. The number of amides is 1. The van der Waals surface area contributed by atoms with E-state index in [1.807, 2.05) is 17.5 Å². The van der Waals surface area contributed by atoms with E-state index in [2.05, 4.69) is 0 Å². The highest BCUT2D eigenvalue weighted by Gasteiger charge is 2.40. The fourth-order valence-electron chi connectivity index (χ4n) is 2.84. The molecule has 0 saturated carbocycles. The Bertz CT molecular complexity index is 684. The number of benzene rings is 1. The van der Waals surface area contributed by atoms with Crippen molar-refractivity contribution in [1.29, 1.82) is 0 Å². The summed E-state index contributed by atoms with van der Waals surface area (Å²) in [7, 11) is 0. The van der Waals surface area contributed by atoms with E-state index >= 15 is 0 Å². The number of rotatable bonds is 3. The largest absolute Gasteiger partial charge is 0.481 e. The van der Waals surface area contributed by atoms with Crippen molar-refractivity contribution in [1.82, 2.24) is 4.90 Å². The Hall–Kier alpha value is -1.85. The van der Waals surface area contributed by atoms with Gasteiger partial charge in [0.25, 0.3) is 5.91 Å². The summed E-state index contributed by atoms with van der Waals surface area (Å²) < 4.78 is 0. The number of carboxylic acids is 1. The first-order chi connectivity index (χ1) is 10.6. The van der Waals surface area contributed by atoms with Gasteiger partial charge in [0.15, 0.2) is 0 Å². The van der Waals surface area contributed by atoms with Crippen molar-refractivity contribution in [2.24, 2.45) is 5.92 Å². The summed E-state index contributed by atoms with van der Waals surface area (Å²) in [4.78, 5) is 25.6. The molecule has 22 heavy (non-hydrogen) atoms. The number of carbonyl (C=O) groups is 2. The van der Waals surface area contributed by atoms with Crippen LogP contribution in [0.25, 0.3) is 0 Å². The Morgan fingerprint density at radius 3 is 2.50 bits per heavy atom. The van der Waals surface area contributed by atoms with Gasteiger partial charge in [-0.15, -0.1) is 0 Å². The Labute approximate surface area is 136 Å². The van der Waals surface area contributed by atoms with Gasteiger partial charge in [-0.25, -0.2) is 0 Å². The Morgan fingerprint density at radius 2 is 1.91 bits per heavy atom. The van der Waals surface area contributed by atoms with E-state index in [1.54, 1.807) is 28.5 Å². The van der Waals surface area contributed by atoms with E-state index < -0.39 is 11.9 Å².